The van der Waals surface area contributed by atoms with Crippen LogP contribution in [0.5, 0.6) is 0 Å². The van der Waals surface area contributed by atoms with E-state index < -0.39 is 0 Å². The molecule has 2 heteroatoms. The number of amides is 1. The fourth-order valence-corrected chi connectivity index (χ4v) is 1.18. The average Bonchev–Trinajstić information content (AvgIpc) is 1.79. The maximum Gasteiger partial charge on any atom is 0.226 e. The van der Waals surface area contributed by atoms with Crippen molar-refractivity contribution in [1.82, 2.24) is 4.90 Å². The third-order valence-electron chi connectivity index (χ3n) is 1.54. The van der Waals surface area contributed by atoms with Crippen LogP contribution in [0.25, 0.3) is 0 Å². The molecule has 0 aliphatic carbocycles. The summed E-state index contributed by atoms with van der Waals surface area (Å²) < 4.78 is 0. The van der Waals surface area contributed by atoms with E-state index in [0.29, 0.717) is 0 Å². The Balaban J connectivity index is 2.65. The molecule has 0 aromatic heterocycles. The normalized spacial score (nSPS) is 25.2. The van der Waals surface area contributed by atoms with Gasteiger partial charge in [0.2, 0.25) is 5.91 Å². The van der Waals surface area contributed by atoms with Gasteiger partial charge in [-0.25, -0.2) is 0 Å². The lowest BCUT2D eigenvalue weighted by atomic mass is 9.93. The van der Waals surface area contributed by atoms with Crippen molar-refractivity contribution in [2.45, 2.75) is 13.8 Å². The van der Waals surface area contributed by atoms with Gasteiger partial charge in [-0.1, -0.05) is 13.8 Å². The van der Waals surface area contributed by atoms with E-state index >= 15 is 0 Å². The van der Waals surface area contributed by atoms with Crippen LogP contribution in [-0.2, 0) is 4.79 Å². The topological polar surface area (TPSA) is 20.3 Å². The summed E-state index contributed by atoms with van der Waals surface area (Å²) in [5.74, 6) is 0.153. The lowest BCUT2D eigenvalue weighted by molar-refractivity contribution is -0.123. The highest BCUT2D eigenvalue weighted by molar-refractivity contribution is 5.88. The molecule has 1 saturated heterocycles. The van der Waals surface area contributed by atoms with E-state index in [1.807, 2.05) is 7.05 Å². The summed E-state index contributed by atoms with van der Waals surface area (Å²) in [7, 11) is 1.83. The van der Waals surface area contributed by atoms with Crippen LogP contribution in [0.2, 0.25) is 0 Å². The SMILES string of the molecule is CN1CC(C)(C)[CH]C1=O. The maximum absolute atomic E-state index is 10.9. The first kappa shape index (κ1) is 6.59. The molecule has 0 aromatic carbocycles. The first-order valence-electron chi connectivity index (χ1n) is 3.12. The summed E-state index contributed by atoms with van der Waals surface area (Å²) in [5, 5.41) is 0. The lowest BCUT2D eigenvalue weighted by Gasteiger charge is -2.14. The Morgan fingerprint density at radius 2 is 2.22 bits per heavy atom. The number of carbonyl (C=O) groups is 1. The maximum atomic E-state index is 10.9. The van der Waals surface area contributed by atoms with E-state index in [-0.39, 0.29) is 11.3 Å². The van der Waals surface area contributed by atoms with Crippen LogP contribution in [0, 0.1) is 11.8 Å². The molecule has 1 radical (unpaired) electrons. The molecule has 0 saturated carbocycles. The minimum absolute atomic E-state index is 0.0891. The molecule has 0 atom stereocenters. The van der Waals surface area contributed by atoms with Gasteiger partial charge in [-0.15, -0.1) is 0 Å². The van der Waals surface area contributed by atoms with Gasteiger partial charge >= 0.3 is 0 Å². The molecular weight excluding hydrogens is 114 g/mol. The third kappa shape index (κ3) is 1.23. The zero-order valence-corrected chi connectivity index (χ0v) is 6.14. The third-order valence-corrected chi connectivity index (χ3v) is 1.54. The van der Waals surface area contributed by atoms with Crippen LogP contribution in [0.15, 0.2) is 0 Å². The summed E-state index contributed by atoms with van der Waals surface area (Å²) in [6.07, 6.45) is 1.77. The number of nitrogens with zero attached hydrogens (tertiary/aromatic N) is 1. The van der Waals surface area contributed by atoms with Crippen molar-refractivity contribution in [3.05, 3.63) is 6.42 Å². The summed E-state index contributed by atoms with van der Waals surface area (Å²) >= 11 is 0. The number of hydrogen-bond donors (Lipinski definition) is 0. The van der Waals surface area contributed by atoms with E-state index in [9.17, 15) is 4.79 Å². The van der Waals surface area contributed by atoms with Gasteiger partial charge in [0.15, 0.2) is 0 Å². The van der Waals surface area contributed by atoms with Crippen LogP contribution in [0.4, 0.5) is 0 Å². The second kappa shape index (κ2) is 1.72. The summed E-state index contributed by atoms with van der Waals surface area (Å²) in [6.45, 7) is 4.98. The molecule has 0 unspecified atom stereocenters. The van der Waals surface area contributed by atoms with Gasteiger partial charge in [0, 0.05) is 13.6 Å². The molecule has 9 heavy (non-hydrogen) atoms. The molecule has 51 valence electrons. The van der Waals surface area contributed by atoms with E-state index in [2.05, 4.69) is 13.8 Å². The predicted molar refractivity (Wildman–Crippen MR) is 35.7 cm³/mol. The smallest absolute Gasteiger partial charge is 0.226 e. The molecule has 0 aromatic rings. The molecule has 1 amide bonds. The minimum Gasteiger partial charge on any atom is -0.345 e. The Labute approximate surface area is 55.8 Å². The van der Waals surface area contributed by atoms with Crippen molar-refractivity contribution in [3.63, 3.8) is 0 Å². The molecule has 1 rings (SSSR count). The monoisotopic (exact) mass is 126 g/mol. The molecule has 1 heterocycles. The van der Waals surface area contributed by atoms with Crippen LogP contribution in [0.3, 0.4) is 0 Å². The lowest BCUT2D eigenvalue weighted by Crippen LogP contribution is -2.20. The standard InChI is InChI=1S/C7H12NO/c1-7(2)4-6(9)8(3)5-7/h4H,5H2,1-3H3. The molecule has 0 spiro atoms. The average molecular weight is 126 g/mol. The summed E-state index contributed by atoms with van der Waals surface area (Å²) in [6, 6.07) is 0. The molecule has 2 nitrogen and oxygen atoms in total. The Kier molecular flexibility index (Phi) is 1.26. The Morgan fingerprint density at radius 3 is 2.33 bits per heavy atom. The van der Waals surface area contributed by atoms with Crippen LogP contribution >= 0.6 is 0 Å². The van der Waals surface area contributed by atoms with E-state index in [4.69, 9.17) is 0 Å². The van der Waals surface area contributed by atoms with Crippen molar-refractivity contribution in [2.75, 3.05) is 13.6 Å². The van der Waals surface area contributed by atoms with E-state index in [0.717, 1.165) is 6.54 Å². The van der Waals surface area contributed by atoms with Gasteiger partial charge in [-0.2, -0.15) is 0 Å². The molecule has 0 N–H and O–H groups in total. The molecular formula is C7H12NO. The first-order chi connectivity index (χ1) is 4.01. The summed E-state index contributed by atoms with van der Waals surface area (Å²) in [4.78, 5) is 12.6. The van der Waals surface area contributed by atoms with Crippen LogP contribution in [0.1, 0.15) is 13.8 Å². The first-order valence-corrected chi connectivity index (χ1v) is 3.12. The zero-order chi connectivity index (χ0) is 7.07. The molecule has 1 fully saturated rings. The second-order valence-electron chi connectivity index (χ2n) is 3.33. The largest absolute Gasteiger partial charge is 0.345 e. The Bertz CT molecular complexity index is 140. The van der Waals surface area contributed by atoms with Gasteiger partial charge in [0.25, 0.3) is 0 Å². The zero-order valence-electron chi connectivity index (χ0n) is 6.14. The van der Waals surface area contributed by atoms with Gasteiger partial charge in [-0.05, 0) is 5.41 Å². The van der Waals surface area contributed by atoms with E-state index in [1.54, 1.807) is 11.3 Å². The van der Waals surface area contributed by atoms with Gasteiger partial charge < -0.3 is 4.90 Å². The molecule has 1 aliphatic heterocycles. The van der Waals surface area contributed by atoms with Crippen molar-refractivity contribution >= 4 is 5.91 Å². The number of carbonyl (C=O) groups excluding carboxylic acids is 1. The van der Waals surface area contributed by atoms with Crippen LogP contribution < -0.4 is 0 Å². The number of hydrogen-bond acceptors (Lipinski definition) is 1. The van der Waals surface area contributed by atoms with Crippen LogP contribution in [-0.4, -0.2) is 24.4 Å². The highest BCUT2D eigenvalue weighted by Crippen LogP contribution is 2.27. The van der Waals surface area contributed by atoms with Crippen molar-refractivity contribution in [3.8, 4) is 0 Å². The van der Waals surface area contributed by atoms with Crippen molar-refractivity contribution < 1.29 is 4.79 Å². The number of likely N-dealkylation sites (tertiary alicyclic amines) is 1. The fourth-order valence-electron chi connectivity index (χ4n) is 1.18. The highest BCUT2D eigenvalue weighted by Gasteiger charge is 2.33. The fraction of sp³-hybridized carbons (Fsp3) is 0.714. The Morgan fingerprint density at radius 1 is 1.67 bits per heavy atom. The predicted octanol–water partition coefficient (Wildman–Crippen LogP) is 0.689. The van der Waals surface area contributed by atoms with E-state index in [1.165, 1.54) is 0 Å². The highest BCUT2D eigenvalue weighted by atomic mass is 16.2. The molecule has 0 bridgehead atoms. The summed E-state index contributed by atoms with van der Waals surface area (Å²) in [5.41, 5.74) is 0.0891. The quantitative estimate of drug-likeness (QED) is 0.467. The van der Waals surface area contributed by atoms with Gasteiger partial charge in [-0.3, -0.25) is 4.79 Å². The minimum atomic E-state index is 0.0891. The van der Waals surface area contributed by atoms with Gasteiger partial charge in [0.1, 0.15) is 0 Å². The molecule has 1 aliphatic rings. The second-order valence-corrected chi connectivity index (χ2v) is 3.33. The van der Waals surface area contributed by atoms with Crippen molar-refractivity contribution in [2.24, 2.45) is 5.41 Å². The Hall–Kier alpha value is -0.530. The van der Waals surface area contributed by atoms with Gasteiger partial charge in [0.05, 0.1) is 6.42 Å². The number of rotatable bonds is 0. The van der Waals surface area contributed by atoms with Crippen molar-refractivity contribution in [1.29, 1.82) is 0 Å².